The Morgan fingerprint density at radius 1 is 1.36 bits per heavy atom. The third-order valence-corrected chi connectivity index (χ3v) is 5.20. The third-order valence-electron chi connectivity index (χ3n) is 3.54. The summed E-state index contributed by atoms with van der Waals surface area (Å²) in [7, 11) is 0. The number of thioether (sulfide) groups is 1. The summed E-state index contributed by atoms with van der Waals surface area (Å²) >= 11 is 13.6. The Balaban J connectivity index is 1.59. The third kappa shape index (κ3) is 6.37. The number of benzene rings is 1. The van der Waals surface area contributed by atoms with Gasteiger partial charge < -0.3 is 10.1 Å². The van der Waals surface area contributed by atoms with Gasteiger partial charge in [-0.25, -0.2) is 0 Å². The van der Waals surface area contributed by atoms with E-state index in [4.69, 9.17) is 27.9 Å². The van der Waals surface area contributed by atoms with E-state index in [2.05, 4.69) is 5.32 Å². The predicted molar refractivity (Wildman–Crippen MR) is 94.1 cm³/mol. The number of hydrogen-bond donors (Lipinski definition) is 1. The molecule has 1 fully saturated rings. The Labute approximate surface area is 146 Å². The van der Waals surface area contributed by atoms with Gasteiger partial charge in [0.2, 0.25) is 5.91 Å². The van der Waals surface area contributed by atoms with Crippen molar-refractivity contribution in [2.75, 3.05) is 24.7 Å². The van der Waals surface area contributed by atoms with Crippen molar-refractivity contribution >= 4 is 40.9 Å². The van der Waals surface area contributed by atoms with Crippen molar-refractivity contribution in [1.29, 1.82) is 0 Å². The molecule has 0 aromatic heterocycles. The van der Waals surface area contributed by atoms with E-state index in [0.29, 0.717) is 34.9 Å². The lowest BCUT2D eigenvalue weighted by Gasteiger charge is -2.21. The normalized spacial score (nSPS) is 18.2. The number of halogens is 2. The Bertz CT molecular complexity index is 493. The van der Waals surface area contributed by atoms with Crippen LogP contribution in [0.2, 0.25) is 10.0 Å². The van der Waals surface area contributed by atoms with Gasteiger partial charge in [-0.2, -0.15) is 0 Å². The summed E-state index contributed by atoms with van der Waals surface area (Å²) in [6, 6.07) is 5.43. The molecule has 3 nitrogen and oxygen atoms in total. The summed E-state index contributed by atoms with van der Waals surface area (Å²) in [4.78, 5) is 11.8. The highest BCUT2D eigenvalue weighted by molar-refractivity contribution is 7.99. The van der Waals surface area contributed by atoms with Crippen molar-refractivity contribution in [3.05, 3.63) is 33.8 Å². The number of carbonyl (C=O) groups excluding carboxylic acids is 1. The molecule has 1 aliphatic heterocycles. The van der Waals surface area contributed by atoms with E-state index < -0.39 is 0 Å². The molecule has 1 N–H and O–H groups in total. The first-order valence-electron chi connectivity index (χ1n) is 7.55. The van der Waals surface area contributed by atoms with Crippen LogP contribution >= 0.6 is 35.0 Å². The predicted octanol–water partition coefficient (Wildman–Crippen LogP) is 3.95. The summed E-state index contributed by atoms with van der Waals surface area (Å²) in [5.74, 6) is 1.44. The molecule has 1 aromatic carbocycles. The topological polar surface area (TPSA) is 38.3 Å². The van der Waals surface area contributed by atoms with E-state index >= 15 is 0 Å². The smallest absolute Gasteiger partial charge is 0.230 e. The Hall–Kier alpha value is -0.420. The SMILES string of the molecule is O=C(CSCC1CCCCO1)NCCc1ccc(Cl)cc1Cl. The standard InChI is InChI=1S/C16H21Cl2NO2S/c17-13-5-4-12(15(18)9-13)6-7-19-16(20)11-22-10-14-3-1-2-8-21-14/h4-5,9,14H,1-3,6-8,10-11H2,(H,19,20). The van der Waals surface area contributed by atoms with Gasteiger partial charge in [-0.05, 0) is 43.4 Å². The first-order valence-corrected chi connectivity index (χ1v) is 9.46. The molecule has 0 saturated carbocycles. The molecule has 0 radical (unpaired) electrons. The lowest BCUT2D eigenvalue weighted by Crippen LogP contribution is -2.28. The maximum atomic E-state index is 11.8. The summed E-state index contributed by atoms with van der Waals surface area (Å²) < 4.78 is 5.64. The molecule has 1 saturated heterocycles. The van der Waals surface area contributed by atoms with Gasteiger partial charge in [0.1, 0.15) is 0 Å². The molecule has 22 heavy (non-hydrogen) atoms. The van der Waals surface area contributed by atoms with Gasteiger partial charge in [-0.15, -0.1) is 11.8 Å². The fourth-order valence-electron chi connectivity index (χ4n) is 2.33. The van der Waals surface area contributed by atoms with Crippen molar-refractivity contribution in [3.8, 4) is 0 Å². The number of hydrogen-bond acceptors (Lipinski definition) is 3. The highest BCUT2D eigenvalue weighted by atomic mass is 35.5. The average molecular weight is 362 g/mol. The minimum absolute atomic E-state index is 0.0610. The minimum atomic E-state index is 0.0610. The highest BCUT2D eigenvalue weighted by Crippen LogP contribution is 2.21. The van der Waals surface area contributed by atoms with Crippen molar-refractivity contribution in [1.82, 2.24) is 5.32 Å². The van der Waals surface area contributed by atoms with Gasteiger partial charge in [-0.3, -0.25) is 4.79 Å². The number of ether oxygens (including phenoxy) is 1. The Kier molecular flexibility index (Phi) is 7.87. The van der Waals surface area contributed by atoms with E-state index in [1.54, 1.807) is 17.8 Å². The molecule has 1 heterocycles. The van der Waals surface area contributed by atoms with Gasteiger partial charge >= 0.3 is 0 Å². The van der Waals surface area contributed by atoms with E-state index in [0.717, 1.165) is 30.8 Å². The molecule has 122 valence electrons. The van der Waals surface area contributed by atoms with Crippen LogP contribution in [-0.4, -0.2) is 36.7 Å². The van der Waals surface area contributed by atoms with Crippen LogP contribution in [-0.2, 0) is 16.0 Å². The number of carbonyl (C=O) groups is 1. The highest BCUT2D eigenvalue weighted by Gasteiger charge is 2.14. The van der Waals surface area contributed by atoms with Crippen LogP contribution in [0.15, 0.2) is 18.2 Å². The first kappa shape index (κ1) is 17.9. The number of rotatable bonds is 7. The fourth-order valence-corrected chi connectivity index (χ4v) is 3.77. The second-order valence-corrected chi connectivity index (χ2v) is 7.21. The van der Waals surface area contributed by atoms with Gasteiger partial charge in [0.15, 0.2) is 0 Å². The van der Waals surface area contributed by atoms with Crippen LogP contribution in [0, 0.1) is 0 Å². The van der Waals surface area contributed by atoms with Crippen LogP contribution in [0.5, 0.6) is 0 Å². The molecule has 0 aliphatic carbocycles. The summed E-state index contributed by atoms with van der Waals surface area (Å²) in [6.45, 7) is 1.44. The zero-order valence-electron chi connectivity index (χ0n) is 12.4. The molecule has 0 bridgehead atoms. The molecular weight excluding hydrogens is 341 g/mol. The summed E-state index contributed by atoms with van der Waals surface area (Å²) in [6.07, 6.45) is 4.54. The number of nitrogens with one attached hydrogen (secondary N) is 1. The molecule has 1 unspecified atom stereocenters. The molecular formula is C16H21Cl2NO2S. The lowest BCUT2D eigenvalue weighted by atomic mass is 10.1. The van der Waals surface area contributed by atoms with Crippen molar-refractivity contribution in [3.63, 3.8) is 0 Å². The zero-order chi connectivity index (χ0) is 15.8. The van der Waals surface area contributed by atoms with Gasteiger partial charge in [0.05, 0.1) is 11.9 Å². The lowest BCUT2D eigenvalue weighted by molar-refractivity contribution is -0.118. The van der Waals surface area contributed by atoms with Gasteiger partial charge in [0.25, 0.3) is 0 Å². The molecule has 1 aromatic rings. The van der Waals surface area contributed by atoms with Crippen molar-refractivity contribution in [2.45, 2.75) is 31.8 Å². The van der Waals surface area contributed by atoms with Crippen molar-refractivity contribution in [2.24, 2.45) is 0 Å². The Morgan fingerprint density at radius 3 is 2.95 bits per heavy atom. The van der Waals surface area contributed by atoms with Crippen LogP contribution in [0.1, 0.15) is 24.8 Å². The maximum absolute atomic E-state index is 11.8. The van der Waals surface area contributed by atoms with E-state index in [-0.39, 0.29) is 5.91 Å². The number of amides is 1. The largest absolute Gasteiger partial charge is 0.377 e. The zero-order valence-corrected chi connectivity index (χ0v) is 14.8. The molecule has 1 atom stereocenters. The van der Waals surface area contributed by atoms with Crippen LogP contribution in [0.4, 0.5) is 0 Å². The Morgan fingerprint density at radius 2 is 2.23 bits per heavy atom. The van der Waals surface area contributed by atoms with Crippen LogP contribution in [0.3, 0.4) is 0 Å². The van der Waals surface area contributed by atoms with E-state index in [9.17, 15) is 4.79 Å². The molecule has 6 heteroatoms. The summed E-state index contributed by atoms with van der Waals surface area (Å²) in [5.41, 5.74) is 0.995. The van der Waals surface area contributed by atoms with Crippen LogP contribution in [0.25, 0.3) is 0 Å². The van der Waals surface area contributed by atoms with Gasteiger partial charge in [-0.1, -0.05) is 29.3 Å². The second-order valence-electron chi connectivity index (χ2n) is 5.34. The fraction of sp³-hybridized carbons (Fsp3) is 0.562. The summed E-state index contributed by atoms with van der Waals surface area (Å²) in [5, 5.41) is 4.19. The molecule has 1 amide bonds. The first-order chi connectivity index (χ1) is 10.6. The van der Waals surface area contributed by atoms with Crippen LogP contribution < -0.4 is 5.32 Å². The monoisotopic (exact) mass is 361 g/mol. The average Bonchev–Trinajstić information content (AvgIpc) is 2.50. The van der Waals surface area contributed by atoms with Gasteiger partial charge in [0, 0.05) is 28.9 Å². The quantitative estimate of drug-likeness (QED) is 0.798. The van der Waals surface area contributed by atoms with E-state index in [1.807, 2.05) is 12.1 Å². The molecule has 2 rings (SSSR count). The maximum Gasteiger partial charge on any atom is 0.230 e. The second kappa shape index (κ2) is 9.66. The van der Waals surface area contributed by atoms with E-state index in [1.165, 1.54) is 6.42 Å². The molecule has 0 spiro atoms. The minimum Gasteiger partial charge on any atom is -0.377 e. The van der Waals surface area contributed by atoms with Crippen molar-refractivity contribution < 1.29 is 9.53 Å². The molecule has 1 aliphatic rings.